The Morgan fingerprint density at radius 1 is 1.33 bits per heavy atom. The van der Waals surface area contributed by atoms with Crippen molar-refractivity contribution in [1.29, 1.82) is 0 Å². The molecule has 0 saturated carbocycles. The predicted molar refractivity (Wildman–Crippen MR) is 17.6 cm³/mol. The van der Waals surface area contributed by atoms with E-state index in [0.29, 0.717) is 0 Å². The van der Waals surface area contributed by atoms with Crippen LogP contribution in [-0.4, -0.2) is 6.10 Å². The van der Waals surface area contributed by atoms with Crippen LogP contribution >= 0.6 is 0 Å². The molecule has 0 fully saturated rings. The summed E-state index contributed by atoms with van der Waals surface area (Å²) in [4.78, 5) is 0. The van der Waals surface area contributed by atoms with Crippen molar-refractivity contribution in [2.75, 3.05) is 0 Å². The molecular formula is C3H8FKO. The van der Waals surface area contributed by atoms with Gasteiger partial charge in [-0.15, -0.1) is 6.10 Å². The fraction of sp³-hybridized carbons (Fsp3) is 1.00. The number of hydrogen-bond donors (Lipinski definition) is 0. The van der Waals surface area contributed by atoms with Gasteiger partial charge in [-0.05, 0) is 0 Å². The predicted octanol–water partition coefficient (Wildman–Crippen LogP) is -3.09. The molecular weight excluding hydrogens is 110 g/mol. The second kappa shape index (κ2) is 9.73. The van der Waals surface area contributed by atoms with Crippen molar-refractivity contribution < 1.29 is 61.2 Å². The third-order valence-electron chi connectivity index (χ3n) is 0. The Bertz CT molecular complexity index is 15.5. The Morgan fingerprint density at radius 3 is 1.33 bits per heavy atom. The van der Waals surface area contributed by atoms with E-state index in [4.69, 9.17) is 0 Å². The first kappa shape index (κ1) is 15.6. The first-order valence-corrected chi connectivity index (χ1v) is 1.39. The fourth-order valence-corrected chi connectivity index (χ4v) is 0. The summed E-state index contributed by atoms with van der Waals surface area (Å²) in [7, 11) is 0. The summed E-state index contributed by atoms with van der Waals surface area (Å²) >= 11 is 0. The maximum absolute atomic E-state index is 9.53. The largest absolute Gasteiger partial charge is 1.00 e. The van der Waals surface area contributed by atoms with Crippen LogP contribution in [0.1, 0.15) is 13.8 Å². The van der Waals surface area contributed by atoms with E-state index in [1.807, 2.05) is 0 Å². The van der Waals surface area contributed by atoms with Gasteiger partial charge < -0.3 is 5.11 Å². The molecule has 0 spiro atoms. The molecule has 0 aromatic rings. The van der Waals surface area contributed by atoms with Gasteiger partial charge in [0.15, 0.2) is 0 Å². The van der Waals surface area contributed by atoms with Gasteiger partial charge in [-0.25, -0.2) is 0 Å². The van der Waals surface area contributed by atoms with Gasteiger partial charge in [0.25, 0.3) is 0 Å². The van der Waals surface area contributed by atoms with Crippen LogP contribution in [0, 0.1) is 0 Å². The molecule has 6 heavy (non-hydrogen) atoms. The van der Waals surface area contributed by atoms with Gasteiger partial charge in [0.1, 0.15) is 0 Å². The second-order valence-electron chi connectivity index (χ2n) is 1.05. The van der Waals surface area contributed by atoms with E-state index in [0.717, 1.165) is 0 Å². The van der Waals surface area contributed by atoms with Crippen LogP contribution in [0.25, 0.3) is 0 Å². The molecule has 0 N–H and O–H groups in total. The van der Waals surface area contributed by atoms with Gasteiger partial charge in [0.05, 0.1) is 0 Å². The Morgan fingerprint density at radius 2 is 1.33 bits per heavy atom. The van der Waals surface area contributed by atoms with E-state index >= 15 is 0 Å². The summed E-state index contributed by atoms with van der Waals surface area (Å²) < 4.78 is 0. The minimum atomic E-state index is -0.417. The zero-order valence-electron chi connectivity index (χ0n) is 4.39. The molecule has 0 aromatic heterocycles. The van der Waals surface area contributed by atoms with Crippen LogP contribution in [0.5, 0.6) is 0 Å². The topological polar surface area (TPSA) is 23.1 Å². The van der Waals surface area contributed by atoms with Crippen molar-refractivity contribution in [1.82, 2.24) is 0 Å². The van der Waals surface area contributed by atoms with Gasteiger partial charge >= 0.3 is 51.4 Å². The third kappa shape index (κ3) is 48.6. The van der Waals surface area contributed by atoms with Crippen LogP contribution in [-0.2, 0) is 0 Å². The summed E-state index contributed by atoms with van der Waals surface area (Å²) in [5, 5.41) is 9.53. The summed E-state index contributed by atoms with van der Waals surface area (Å²) in [5.74, 6) is 0. The van der Waals surface area contributed by atoms with Crippen molar-refractivity contribution in [3.8, 4) is 0 Å². The van der Waals surface area contributed by atoms with Crippen LogP contribution in [0.4, 0.5) is 4.70 Å². The zero-order valence-corrected chi connectivity index (χ0v) is 7.52. The molecule has 0 radical (unpaired) electrons. The molecule has 0 unspecified atom stereocenters. The molecule has 0 saturated heterocycles. The zero-order chi connectivity index (χ0) is 3.58. The van der Waals surface area contributed by atoms with Crippen LogP contribution in [0.3, 0.4) is 0 Å². The molecule has 0 rings (SSSR count). The smallest absolute Gasteiger partial charge is 0.852 e. The van der Waals surface area contributed by atoms with Crippen LogP contribution in [0.15, 0.2) is 0 Å². The average Bonchev–Trinajstić information content (AvgIpc) is 0.811. The van der Waals surface area contributed by atoms with Gasteiger partial charge in [-0.1, -0.05) is 13.8 Å². The fourth-order valence-electron chi connectivity index (χ4n) is 0. The van der Waals surface area contributed by atoms with E-state index in [1.54, 1.807) is 13.8 Å². The van der Waals surface area contributed by atoms with Crippen molar-refractivity contribution in [3.05, 3.63) is 0 Å². The molecule has 34 valence electrons. The van der Waals surface area contributed by atoms with Crippen molar-refractivity contribution >= 4 is 0 Å². The maximum Gasteiger partial charge on any atom is 1.00 e. The number of hydrogen-bond acceptors (Lipinski definition) is 1. The summed E-state index contributed by atoms with van der Waals surface area (Å²) in [6.07, 6.45) is -0.417. The Hall–Kier alpha value is 1.53. The van der Waals surface area contributed by atoms with Crippen LogP contribution < -0.4 is 56.5 Å². The molecule has 0 aromatic carbocycles. The van der Waals surface area contributed by atoms with Gasteiger partial charge in [-0.2, -0.15) is 0 Å². The molecule has 0 aliphatic rings. The van der Waals surface area contributed by atoms with Crippen molar-refractivity contribution in [2.45, 2.75) is 20.0 Å². The first-order chi connectivity index (χ1) is 1.73. The average molecular weight is 118 g/mol. The molecule has 0 aliphatic heterocycles. The summed E-state index contributed by atoms with van der Waals surface area (Å²) in [5.41, 5.74) is 0. The van der Waals surface area contributed by atoms with E-state index in [9.17, 15) is 5.11 Å². The molecule has 3 heteroatoms. The number of rotatable bonds is 0. The van der Waals surface area contributed by atoms with Gasteiger partial charge in [0, 0.05) is 0 Å². The van der Waals surface area contributed by atoms with E-state index < -0.39 is 6.10 Å². The molecule has 0 atom stereocenters. The SMILES string of the molecule is CC(C)[O-].F.[K+]. The van der Waals surface area contributed by atoms with E-state index in [1.165, 1.54) is 0 Å². The van der Waals surface area contributed by atoms with Gasteiger partial charge in [0.2, 0.25) is 0 Å². The standard InChI is InChI=1S/C3H7O.FH.K/c1-3(2)4;;/h3H,1-2H3;1H;/q-1;;+1. The Balaban J connectivity index is -0.0000000450. The van der Waals surface area contributed by atoms with E-state index in [-0.39, 0.29) is 56.1 Å². The quantitative estimate of drug-likeness (QED) is 0.309. The minimum absolute atomic E-state index is 0. The maximum atomic E-state index is 9.53. The third-order valence-corrected chi connectivity index (χ3v) is 0. The second-order valence-corrected chi connectivity index (χ2v) is 1.05. The molecule has 0 amide bonds. The normalized spacial score (nSPS) is 6.00. The van der Waals surface area contributed by atoms with Crippen LogP contribution in [0.2, 0.25) is 0 Å². The minimum Gasteiger partial charge on any atom is -0.852 e. The van der Waals surface area contributed by atoms with Gasteiger partial charge in [-0.3, -0.25) is 4.70 Å². The van der Waals surface area contributed by atoms with Crippen molar-refractivity contribution in [2.24, 2.45) is 0 Å². The monoisotopic (exact) mass is 118 g/mol. The summed E-state index contributed by atoms with van der Waals surface area (Å²) in [6, 6.07) is 0. The van der Waals surface area contributed by atoms with E-state index in [2.05, 4.69) is 0 Å². The first-order valence-electron chi connectivity index (χ1n) is 1.39. The summed E-state index contributed by atoms with van der Waals surface area (Å²) in [6.45, 7) is 3.22. The molecule has 0 aliphatic carbocycles. The molecule has 0 bridgehead atoms. The van der Waals surface area contributed by atoms with Crippen molar-refractivity contribution in [3.63, 3.8) is 0 Å². The molecule has 0 heterocycles. The Kier molecular flexibility index (Phi) is 25.4. The molecule has 1 nitrogen and oxygen atoms in total. The Labute approximate surface area is 79.9 Å². The number of halogens is 1.